The molecule has 7 nitrogen and oxygen atoms in total. The van der Waals surface area contributed by atoms with E-state index in [9.17, 15) is 5.26 Å². The fraction of sp³-hybridized carbons (Fsp3) is 0.333. The highest BCUT2D eigenvalue weighted by Crippen LogP contribution is 2.25. The van der Waals surface area contributed by atoms with E-state index in [1.807, 2.05) is 24.3 Å². The summed E-state index contributed by atoms with van der Waals surface area (Å²) in [7, 11) is 0. The number of ether oxygens (including phenoxy) is 1. The summed E-state index contributed by atoms with van der Waals surface area (Å²) in [5, 5.41) is 13.6. The van der Waals surface area contributed by atoms with Crippen molar-refractivity contribution in [2.24, 2.45) is 5.92 Å². The number of nitriles is 1. The Bertz CT molecular complexity index is 907. The molecule has 25 heavy (non-hydrogen) atoms. The first-order chi connectivity index (χ1) is 12.3. The van der Waals surface area contributed by atoms with E-state index in [4.69, 9.17) is 4.74 Å². The van der Waals surface area contributed by atoms with Crippen molar-refractivity contribution in [2.45, 2.75) is 12.8 Å². The first kappa shape index (κ1) is 15.4. The molecule has 0 atom stereocenters. The Kier molecular flexibility index (Phi) is 4.17. The van der Waals surface area contributed by atoms with Crippen molar-refractivity contribution in [3.63, 3.8) is 0 Å². The zero-order chi connectivity index (χ0) is 17.1. The van der Waals surface area contributed by atoms with Gasteiger partial charge >= 0.3 is 0 Å². The number of hydrogen-bond acceptors (Lipinski definition) is 6. The molecule has 7 heteroatoms. The lowest BCUT2D eigenvalue weighted by Gasteiger charge is -2.33. The molecule has 0 spiro atoms. The molecule has 0 N–H and O–H groups in total. The van der Waals surface area contributed by atoms with Crippen molar-refractivity contribution in [2.75, 3.05) is 24.6 Å². The minimum Gasteiger partial charge on any atom is -0.476 e. The van der Waals surface area contributed by atoms with Crippen LogP contribution in [0.4, 0.5) is 5.69 Å². The molecule has 126 valence electrons. The van der Waals surface area contributed by atoms with Gasteiger partial charge in [0, 0.05) is 37.7 Å². The molecular formula is C18H18N6O. The van der Waals surface area contributed by atoms with Crippen LogP contribution in [0.25, 0.3) is 5.65 Å². The number of anilines is 1. The topological polar surface area (TPSA) is 79.3 Å². The molecule has 0 unspecified atom stereocenters. The van der Waals surface area contributed by atoms with Crippen molar-refractivity contribution in [3.8, 4) is 11.9 Å². The van der Waals surface area contributed by atoms with Crippen LogP contribution in [0.1, 0.15) is 18.5 Å². The van der Waals surface area contributed by atoms with Gasteiger partial charge in [-0.05, 0) is 37.0 Å². The summed E-state index contributed by atoms with van der Waals surface area (Å²) in [4.78, 5) is 10.6. The van der Waals surface area contributed by atoms with Crippen molar-refractivity contribution in [3.05, 3.63) is 48.5 Å². The van der Waals surface area contributed by atoms with E-state index in [1.54, 1.807) is 23.1 Å². The molecule has 3 aromatic rings. The van der Waals surface area contributed by atoms with Crippen LogP contribution in [0.2, 0.25) is 0 Å². The molecule has 1 saturated heterocycles. The second-order valence-electron chi connectivity index (χ2n) is 6.13. The summed E-state index contributed by atoms with van der Waals surface area (Å²) in [5.74, 6) is 1.10. The first-order valence-corrected chi connectivity index (χ1v) is 8.37. The molecular weight excluding hydrogens is 316 g/mol. The van der Waals surface area contributed by atoms with Crippen LogP contribution >= 0.6 is 0 Å². The van der Waals surface area contributed by atoms with Gasteiger partial charge in [0.15, 0.2) is 11.3 Å². The molecule has 0 bridgehead atoms. The quantitative estimate of drug-likeness (QED) is 0.728. The highest BCUT2D eigenvalue weighted by molar-refractivity contribution is 5.55. The van der Waals surface area contributed by atoms with Gasteiger partial charge in [-0.15, -0.1) is 5.10 Å². The summed E-state index contributed by atoms with van der Waals surface area (Å²) in [6, 6.07) is 9.77. The van der Waals surface area contributed by atoms with E-state index in [-0.39, 0.29) is 0 Å². The zero-order valence-corrected chi connectivity index (χ0v) is 13.7. The van der Waals surface area contributed by atoms with Crippen LogP contribution in [0.3, 0.4) is 0 Å². The third-order valence-electron chi connectivity index (χ3n) is 4.55. The van der Waals surface area contributed by atoms with E-state index in [0.717, 1.165) is 37.3 Å². The fourth-order valence-corrected chi connectivity index (χ4v) is 3.16. The van der Waals surface area contributed by atoms with Crippen LogP contribution in [0, 0.1) is 17.2 Å². The molecule has 0 aliphatic carbocycles. The Morgan fingerprint density at radius 2 is 2.04 bits per heavy atom. The van der Waals surface area contributed by atoms with Crippen LogP contribution < -0.4 is 9.64 Å². The van der Waals surface area contributed by atoms with Gasteiger partial charge in [-0.3, -0.25) is 0 Å². The van der Waals surface area contributed by atoms with Gasteiger partial charge in [-0.1, -0.05) is 0 Å². The molecule has 0 radical (unpaired) electrons. The smallest absolute Gasteiger partial charge is 0.231 e. The van der Waals surface area contributed by atoms with Crippen LogP contribution in [0.5, 0.6) is 5.88 Å². The molecule has 0 saturated carbocycles. The van der Waals surface area contributed by atoms with E-state index < -0.39 is 0 Å². The lowest BCUT2D eigenvalue weighted by molar-refractivity contribution is 0.214. The standard InChI is InChI=1S/C18H18N6O/c19-12-15-16(2-1-7-20-15)23-9-5-14(6-10-23)13-25-18-4-3-17-21-8-11-24(17)22-18/h1-4,7-8,11,14H,5-6,9-10,13H2. The molecule has 3 aromatic heterocycles. The maximum absolute atomic E-state index is 9.20. The molecule has 0 aromatic carbocycles. The van der Waals surface area contributed by atoms with Gasteiger partial charge in [-0.2, -0.15) is 5.26 Å². The minimum atomic E-state index is 0.485. The molecule has 1 aliphatic heterocycles. The number of nitrogens with zero attached hydrogens (tertiary/aromatic N) is 6. The molecule has 4 rings (SSSR count). The number of imidazole rings is 1. The molecule has 4 heterocycles. The highest BCUT2D eigenvalue weighted by Gasteiger charge is 2.22. The average Bonchev–Trinajstić information content (AvgIpc) is 3.14. The average molecular weight is 334 g/mol. The summed E-state index contributed by atoms with van der Waals surface area (Å²) >= 11 is 0. The second-order valence-corrected chi connectivity index (χ2v) is 6.13. The Morgan fingerprint density at radius 1 is 1.16 bits per heavy atom. The number of rotatable bonds is 4. The van der Waals surface area contributed by atoms with Gasteiger partial charge in [0.05, 0.1) is 12.3 Å². The molecule has 0 amide bonds. The van der Waals surface area contributed by atoms with Gasteiger partial charge in [0.25, 0.3) is 0 Å². The summed E-state index contributed by atoms with van der Waals surface area (Å²) in [6.45, 7) is 2.46. The van der Waals surface area contributed by atoms with Crippen molar-refractivity contribution in [1.82, 2.24) is 19.6 Å². The van der Waals surface area contributed by atoms with Gasteiger partial charge in [0.2, 0.25) is 5.88 Å². The summed E-state index contributed by atoms with van der Waals surface area (Å²) in [5.41, 5.74) is 2.23. The Morgan fingerprint density at radius 3 is 2.88 bits per heavy atom. The van der Waals surface area contributed by atoms with E-state index in [0.29, 0.717) is 24.1 Å². The van der Waals surface area contributed by atoms with E-state index in [2.05, 4.69) is 26.0 Å². The Balaban J connectivity index is 1.33. The fourth-order valence-electron chi connectivity index (χ4n) is 3.16. The Hall–Kier alpha value is -3.14. The van der Waals surface area contributed by atoms with Gasteiger partial charge in [0.1, 0.15) is 6.07 Å². The third-order valence-corrected chi connectivity index (χ3v) is 4.55. The molecule has 1 aliphatic rings. The normalized spacial score (nSPS) is 15.2. The predicted molar refractivity (Wildman–Crippen MR) is 92.4 cm³/mol. The zero-order valence-electron chi connectivity index (χ0n) is 13.7. The number of piperidine rings is 1. The van der Waals surface area contributed by atoms with Crippen molar-refractivity contribution >= 4 is 11.3 Å². The molecule has 1 fully saturated rings. The minimum absolute atomic E-state index is 0.485. The summed E-state index contributed by atoms with van der Waals surface area (Å²) < 4.78 is 7.58. The monoisotopic (exact) mass is 334 g/mol. The lowest BCUT2D eigenvalue weighted by atomic mass is 9.97. The van der Waals surface area contributed by atoms with Crippen molar-refractivity contribution < 1.29 is 4.74 Å². The first-order valence-electron chi connectivity index (χ1n) is 8.37. The van der Waals surface area contributed by atoms with Crippen LogP contribution in [0.15, 0.2) is 42.9 Å². The number of fused-ring (bicyclic) bond motifs is 1. The SMILES string of the molecule is N#Cc1ncccc1N1CCC(COc2ccc3nccn3n2)CC1. The predicted octanol–water partition coefficient (Wildman–Crippen LogP) is 2.29. The van der Waals surface area contributed by atoms with Crippen LogP contribution in [-0.2, 0) is 0 Å². The van der Waals surface area contributed by atoms with E-state index >= 15 is 0 Å². The largest absolute Gasteiger partial charge is 0.476 e. The second kappa shape index (κ2) is 6.77. The highest BCUT2D eigenvalue weighted by atomic mass is 16.5. The Labute approximate surface area is 145 Å². The summed E-state index contributed by atoms with van der Waals surface area (Å²) in [6.07, 6.45) is 7.23. The number of pyridine rings is 1. The van der Waals surface area contributed by atoms with E-state index in [1.165, 1.54) is 0 Å². The third kappa shape index (κ3) is 3.24. The number of aromatic nitrogens is 4. The maximum Gasteiger partial charge on any atom is 0.231 e. The van der Waals surface area contributed by atoms with Gasteiger partial charge in [-0.25, -0.2) is 14.5 Å². The van der Waals surface area contributed by atoms with Crippen LogP contribution in [-0.4, -0.2) is 39.3 Å². The van der Waals surface area contributed by atoms with Crippen molar-refractivity contribution in [1.29, 1.82) is 5.26 Å². The van der Waals surface area contributed by atoms with Gasteiger partial charge < -0.3 is 9.64 Å². The maximum atomic E-state index is 9.20. The number of hydrogen-bond donors (Lipinski definition) is 0. The lowest BCUT2D eigenvalue weighted by Crippen LogP contribution is -2.36.